The maximum atomic E-state index is 11.7. The summed E-state index contributed by atoms with van der Waals surface area (Å²) < 4.78 is 0. The molecule has 120 valence electrons. The summed E-state index contributed by atoms with van der Waals surface area (Å²) in [5.41, 5.74) is 5.40. The van der Waals surface area contributed by atoms with E-state index in [9.17, 15) is 9.90 Å². The van der Waals surface area contributed by atoms with E-state index < -0.39 is 5.60 Å². The van der Waals surface area contributed by atoms with E-state index >= 15 is 0 Å². The van der Waals surface area contributed by atoms with E-state index in [4.69, 9.17) is 17.3 Å². The Bertz CT molecular complexity index is 443. The lowest BCUT2D eigenvalue weighted by atomic mass is 10.1. The number of aliphatic hydroxyl groups is 1. The molecule has 0 spiro atoms. The Kier molecular flexibility index (Phi) is 8.97. The number of hydrogen-bond donors (Lipinski definition) is 3. The van der Waals surface area contributed by atoms with Crippen molar-refractivity contribution in [1.29, 1.82) is 0 Å². The fourth-order valence-electron chi connectivity index (χ4n) is 1.21. The molecule has 0 aromatic carbocycles. The molecule has 0 bridgehead atoms. The summed E-state index contributed by atoms with van der Waals surface area (Å²) in [5.74, 6) is -0.323. The number of nitrogens with one attached hydrogen (secondary N) is 1. The fourth-order valence-corrected chi connectivity index (χ4v) is 1.38. The van der Waals surface area contributed by atoms with Crippen molar-refractivity contribution in [2.75, 3.05) is 12.3 Å². The number of pyridine rings is 1. The van der Waals surface area contributed by atoms with Crippen molar-refractivity contribution in [3.8, 4) is 0 Å². The number of hydrogen-bond acceptors (Lipinski definition) is 4. The Hall–Kier alpha value is -1.33. The number of anilines is 1. The molecule has 1 aromatic rings. The Labute approximate surface area is 131 Å². The number of nitrogen functional groups attached to an aromatic ring is 1. The predicted octanol–water partition coefficient (Wildman–Crippen LogP) is 3.01. The van der Waals surface area contributed by atoms with Crippen LogP contribution >= 0.6 is 11.6 Å². The first-order valence-electron chi connectivity index (χ1n) is 7.12. The maximum absolute atomic E-state index is 11.7. The normalized spacial score (nSPS) is 10.6. The molecule has 0 saturated heterocycles. The highest BCUT2D eigenvalue weighted by molar-refractivity contribution is 6.29. The molecule has 4 N–H and O–H groups in total. The third-order valence-electron chi connectivity index (χ3n) is 2.67. The highest BCUT2D eigenvalue weighted by atomic mass is 35.5. The largest absolute Gasteiger partial charge is 0.398 e. The van der Waals surface area contributed by atoms with Gasteiger partial charge in [-0.1, -0.05) is 38.3 Å². The van der Waals surface area contributed by atoms with Crippen molar-refractivity contribution in [2.24, 2.45) is 0 Å². The zero-order chi connectivity index (χ0) is 16.5. The second-order valence-corrected chi connectivity index (χ2v) is 5.80. The van der Waals surface area contributed by atoms with Gasteiger partial charge in [-0.25, -0.2) is 4.98 Å². The molecule has 0 fully saturated rings. The zero-order valence-corrected chi connectivity index (χ0v) is 14.0. The number of unbranched alkanes of at least 4 members (excludes halogenated alkanes) is 1. The summed E-state index contributed by atoms with van der Waals surface area (Å²) in [6, 6.07) is 1.42. The van der Waals surface area contributed by atoms with Crippen molar-refractivity contribution >= 4 is 23.2 Å². The molecule has 1 aromatic heterocycles. The standard InChI is InChI=1S/C11H16ClN3O2.C4H10/c1-11(2,17)3-4-14-10(16)7-6-15-9(12)5-8(7)13;1-3-4-2/h5-6,17H,3-4H2,1-2H3,(H2,13,15)(H,14,16);3-4H2,1-2H3. The van der Waals surface area contributed by atoms with Crippen molar-refractivity contribution in [1.82, 2.24) is 10.3 Å². The smallest absolute Gasteiger partial charge is 0.254 e. The average Bonchev–Trinajstić information content (AvgIpc) is 2.37. The number of carbonyl (C=O) groups excluding carboxylic acids is 1. The molecule has 0 unspecified atom stereocenters. The van der Waals surface area contributed by atoms with E-state index in [1.807, 2.05) is 0 Å². The maximum Gasteiger partial charge on any atom is 0.254 e. The minimum Gasteiger partial charge on any atom is -0.398 e. The highest BCUT2D eigenvalue weighted by Gasteiger charge is 2.14. The van der Waals surface area contributed by atoms with Gasteiger partial charge < -0.3 is 16.2 Å². The van der Waals surface area contributed by atoms with Crippen LogP contribution in [0.15, 0.2) is 12.3 Å². The summed E-state index contributed by atoms with van der Waals surface area (Å²) in [7, 11) is 0. The third kappa shape index (κ3) is 9.26. The lowest BCUT2D eigenvalue weighted by molar-refractivity contribution is 0.0693. The number of carbonyl (C=O) groups is 1. The van der Waals surface area contributed by atoms with Gasteiger partial charge in [-0.3, -0.25) is 4.79 Å². The van der Waals surface area contributed by atoms with E-state index in [2.05, 4.69) is 24.1 Å². The van der Waals surface area contributed by atoms with Crippen molar-refractivity contribution in [2.45, 2.75) is 52.6 Å². The Balaban J connectivity index is 0.000000885. The van der Waals surface area contributed by atoms with Crippen LogP contribution in [0.3, 0.4) is 0 Å². The second-order valence-electron chi connectivity index (χ2n) is 5.41. The first kappa shape index (κ1) is 19.7. The van der Waals surface area contributed by atoms with Gasteiger partial charge in [-0.15, -0.1) is 0 Å². The molecule has 1 amide bonds. The van der Waals surface area contributed by atoms with E-state index in [1.54, 1.807) is 13.8 Å². The number of amides is 1. The minimum atomic E-state index is -0.808. The first-order chi connectivity index (χ1) is 9.71. The van der Waals surface area contributed by atoms with E-state index in [-0.39, 0.29) is 22.3 Å². The summed E-state index contributed by atoms with van der Waals surface area (Å²) in [4.78, 5) is 15.5. The number of halogens is 1. The van der Waals surface area contributed by atoms with E-state index in [0.717, 1.165) is 0 Å². The van der Waals surface area contributed by atoms with Gasteiger partial charge in [0.05, 0.1) is 11.2 Å². The van der Waals surface area contributed by atoms with Gasteiger partial charge in [0, 0.05) is 18.4 Å². The van der Waals surface area contributed by atoms with Gasteiger partial charge in [-0.05, 0) is 26.3 Å². The van der Waals surface area contributed by atoms with Crippen LogP contribution in [-0.4, -0.2) is 28.1 Å². The third-order valence-corrected chi connectivity index (χ3v) is 2.88. The van der Waals surface area contributed by atoms with Crippen LogP contribution < -0.4 is 11.1 Å². The molecule has 21 heavy (non-hydrogen) atoms. The van der Waals surface area contributed by atoms with Crippen LogP contribution in [0.1, 0.15) is 57.3 Å². The number of rotatable bonds is 5. The zero-order valence-electron chi connectivity index (χ0n) is 13.2. The van der Waals surface area contributed by atoms with Crippen molar-refractivity contribution < 1.29 is 9.90 Å². The molecule has 5 nitrogen and oxygen atoms in total. The average molecular weight is 316 g/mol. The second kappa shape index (κ2) is 9.58. The lowest BCUT2D eigenvalue weighted by Gasteiger charge is -2.17. The van der Waals surface area contributed by atoms with Gasteiger partial charge in [0.15, 0.2) is 0 Å². The van der Waals surface area contributed by atoms with Crippen LogP contribution in [0.2, 0.25) is 5.15 Å². The molecule has 0 aliphatic rings. The molecular formula is C15H26ClN3O2. The molecular weight excluding hydrogens is 290 g/mol. The number of aromatic nitrogens is 1. The Morgan fingerprint density at radius 3 is 2.43 bits per heavy atom. The van der Waals surface area contributed by atoms with Gasteiger partial charge in [0.1, 0.15) is 5.15 Å². The molecule has 0 aliphatic heterocycles. The topological polar surface area (TPSA) is 88.2 Å². The van der Waals surface area contributed by atoms with Gasteiger partial charge in [-0.2, -0.15) is 0 Å². The minimum absolute atomic E-state index is 0.246. The Morgan fingerprint density at radius 1 is 1.43 bits per heavy atom. The van der Waals surface area contributed by atoms with Crippen LogP contribution in [0.4, 0.5) is 5.69 Å². The van der Waals surface area contributed by atoms with E-state index in [0.29, 0.717) is 13.0 Å². The molecule has 0 aliphatic carbocycles. The van der Waals surface area contributed by atoms with E-state index in [1.165, 1.54) is 25.1 Å². The summed E-state index contributed by atoms with van der Waals surface area (Å²) >= 11 is 5.63. The Morgan fingerprint density at radius 2 is 2.00 bits per heavy atom. The molecule has 0 atom stereocenters. The fraction of sp³-hybridized carbons (Fsp3) is 0.600. The number of nitrogens with two attached hydrogens (primary N) is 1. The van der Waals surface area contributed by atoms with Crippen LogP contribution in [-0.2, 0) is 0 Å². The molecule has 0 radical (unpaired) electrons. The molecule has 6 heteroatoms. The van der Waals surface area contributed by atoms with Gasteiger partial charge >= 0.3 is 0 Å². The lowest BCUT2D eigenvalue weighted by Crippen LogP contribution is -2.31. The predicted molar refractivity (Wildman–Crippen MR) is 87.5 cm³/mol. The molecule has 1 rings (SSSR count). The quantitative estimate of drug-likeness (QED) is 0.729. The molecule has 1 heterocycles. The van der Waals surface area contributed by atoms with Crippen LogP contribution in [0.5, 0.6) is 0 Å². The summed E-state index contributed by atoms with van der Waals surface area (Å²) in [6.07, 6.45) is 4.43. The SMILES string of the molecule is CC(C)(O)CCNC(=O)c1cnc(Cl)cc1N.CCCC. The highest BCUT2D eigenvalue weighted by Crippen LogP contribution is 2.15. The van der Waals surface area contributed by atoms with Crippen LogP contribution in [0, 0.1) is 0 Å². The van der Waals surface area contributed by atoms with Crippen molar-refractivity contribution in [3.05, 3.63) is 23.0 Å². The van der Waals surface area contributed by atoms with Crippen molar-refractivity contribution in [3.63, 3.8) is 0 Å². The van der Waals surface area contributed by atoms with Gasteiger partial charge in [0.25, 0.3) is 5.91 Å². The molecule has 0 saturated carbocycles. The van der Waals surface area contributed by atoms with Crippen LogP contribution in [0.25, 0.3) is 0 Å². The first-order valence-corrected chi connectivity index (χ1v) is 7.50. The van der Waals surface area contributed by atoms with Gasteiger partial charge in [0.2, 0.25) is 0 Å². The summed E-state index contributed by atoms with van der Waals surface area (Å²) in [5, 5.41) is 12.4. The number of nitrogens with zero attached hydrogens (tertiary/aromatic N) is 1. The monoisotopic (exact) mass is 315 g/mol. The summed E-state index contributed by atoms with van der Waals surface area (Å²) in [6.45, 7) is 8.08.